The average Bonchev–Trinajstić information content (AvgIpc) is 2.20. The molecule has 1 aromatic rings. The molecule has 0 fully saturated rings. The number of benzene rings is 1. The number of carbonyl (C=O) groups is 1. The summed E-state index contributed by atoms with van der Waals surface area (Å²) in [6.07, 6.45) is 0.782. The molecule has 0 bridgehead atoms. The van der Waals surface area contributed by atoms with E-state index in [-0.39, 0.29) is 5.75 Å². The van der Waals surface area contributed by atoms with Crippen molar-refractivity contribution in [3.8, 4) is 5.75 Å². The Kier molecular flexibility index (Phi) is 3.62. The number of carbonyl (C=O) groups excluding carboxylic acids is 1. The Morgan fingerprint density at radius 1 is 1.38 bits per heavy atom. The lowest BCUT2D eigenvalue weighted by Gasteiger charge is -2.19. The van der Waals surface area contributed by atoms with Gasteiger partial charge in [0.25, 0.3) is 0 Å². The largest absolute Gasteiger partial charge is 0.435 e. The molecule has 0 unspecified atom stereocenters. The summed E-state index contributed by atoms with van der Waals surface area (Å²) in [4.78, 5) is 10.9. The van der Waals surface area contributed by atoms with E-state index in [0.717, 1.165) is 6.29 Å². The Morgan fingerprint density at radius 2 is 2.00 bits per heavy atom. The molecule has 0 aliphatic carbocycles. The van der Waals surface area contributed by atoms with Gasteiger partial charge in [-0.3, -0.25) is 0 Å². The molecular weight excluding hydrogens is 214 g/mol. The fraction of sp³-hybridized carbons (Fsp3) is 0.417. The van der Waals surface area contributed by atoms with Crippen molar-refractivity contribution in [1.82, 2.24) is 0 Å². The van der Waals surface area contributed by atoms with E-state index in [4.69, 9.17) is 0 Å². The van der Waals surface area contributed by atoms with Crippen molar-refractivity contribution >= 4 is 6.29 Å². The van der Waals surface area contributed by atoms with Gasteiger partial charge in [-0.15, -0.1) is 0 Å². The number of alkyl halides is 2. The van der Waals surface area contributed by atoms with Crippen molar-refractivity contribution < 1.29 is 18.3 Å². The number of hydrogen-bond donors (Lipinski definition) is 0. The van der Waals surface area contributed by atoms with Crippen molar-refractivity contribution in [2.24, 2.45) is 0 Å². The summed E-state index contributed by atoms with van der Waals surface area (Å²) in [5, 5.41) is 0. The summed E-state index contributed by atoms with van der Waals surface area (Å²) >= 11 is 0. The van der Waals surface area contributed by atoms with Crippen molar-refractivity contribution in [3.05, 3.63) is 29.3 Å². The first-order chi connectivity index (χ1) is 7.36. The highest BCUT2D eigenvalue weighted by molar-refractivity contribution is 5.67. The van der Waals surface area contributed by atoms with E-state index in [1.54, 1.807) is 32.9 Å². The summed E-state index contributed by atoms with van der Waals surface area (Å²) in [5.41, 5.74) is 0.572. The molecule has 1 rings (SSSR count). The number of ether oxygens (including phenoxy) is 1. The molecule has 0 aliphatic rings. The first-order valence-electron chi connectivity index (χ1n) is 4.89. The van der Waals surface area contributed by atoms with Crippen LogP contribution in [0.1, 0.15) is 25.0 Å². The fourth-order valence-electron chi connectivity index (χ4n) is 1.29. The lowest BCUT2D eigenvalue weighted by Crippen LogP contribution is -2.19. The van der Waals surface area contributed by atoms with Gasteiger partial charge in [0, 0.05) is 5.41 Å². The Labute approximate surface area is 93.2 Å². The lowest BCUT2D eigenvalue weighted by molar-refractivity contribution is -0.111. The predicted molar refractivity (Wildman–Crippen MR) is 56.9 cm³/mol. The molecule has 2 nitrogen and oxygen atoms in total. The molecule has 1 aromatic carbocycles. The third kappa shape index (κ3) is 2.78. The molecule has 0 radical (unpaired) electrons. The lowest BCUT2D eigenvalue weighted by atomic mass is 9.86. The molecule has 0 atom stereocenters. The molecule has 0 heterocycles. The van der Waals surface area contributed by atoms with Gasteiger partial charge in [0.15, 0.2) is 0 Å². The smallest absolute Gasteiger partial charge is 0.387 e. The van der Waals surface area contributed by atoms with Crippen LogP contribution in [0.3, 0.4) is 0 Å². The molecule has 0 saturated heterocycles. The standard InChI is InChI=1S/C12H14F2O2/c1-8-4-5-9(12(2,3)7-15)6-10(8)16-11(13)14/h4-7,11H,1-3H3. The predicted octanol–water partition coefficient (Wildman–Crippen LogP) is 3.07. The first kappa shape index (κ1) is 12.6. The van der Waals surface area contributed by atoms with Crippen molar-refractivity contribution in [2.45, 2.75) is 32.8 Å². The summed E-state index contributed by atoms with van der Waals surface area (Å²) in [6.45, 7) is 2.26. The Hall–Kier alpha value is -1.45. The highest BCUT2D eigenvalue weighted by Gasteiger charge is 2.21. The number of aldehydes is 1. The van der Waals surface area contributed by atoms with Crippen LogP contribution in [0.4, 0.5) is 8.78 Å². The molecule has 16 heavy (non-hydrogen) atoms. The van der Waals surface area contributed by atoms with E-state index in [1.165, 1.54) is 6.07 Å². The Balaban J connectivity index is 3.12. The molecule has 88 valence electrons. The van der Waals surface area contributed by atoms with E-state index < -0.39 is 12.0 Å². The normalized spacial score (nSPS) is 11.6. The molecule has 0 amide bonds. The van der Waals surface area contributed by atoms with E-state index >= 15 is 0 Å². The monoisotopic (exact) mass is 228 g/mol. The summed E-state index contributed by atoms with van der Waals surface area (Å²) < 4.78 is 28.6. The van der Waals surface area contributed by atoms with Crippen LogP contribution in [-0.2, 0) is 10.2 Å². The van der Waals surface area contributed by atoms with E-state index in [1.807, 2.05) is 0 Å². The van der Waals surface area contributed by atoms with Crippen LogP contribution in [-0.4, -0.2) is 12.9 Å². The third-order valence-corrected chi connectivity index (χ3v) is 2.44. The highest BCUT2D eigenvalue weighted by atomic mass is 19.3. The first-order valence-corrected chi connectivity index (χ1v) is 4.89. The minimum Gasteiger partial charge on any atom is -0.435 e. The third-order valence-electron chi connectivity index (χ3n) is 2.44. The second kappa shape index (κ2) is 4.60. The maximum atomic E-state index is 12.1. The number of rotatable bonds is 4. The van der Waals surface area contributed by atoms with E-state index in [9.17, 15) is 13.6 Å². The molecule has 4 heteroatoms. The Morgan fingerprint density at radius 3 is 2.50 bits per heavy atom. The average molecular weight is 228 g/mol. The van der Waals surface area contributed by atoms with E-state index in [0.29, 0.717) is 11.1 Å². The van der Waals surface area contributed by atoms with Gasteiger partial charge in [-0.25, -0.2) is 0 Å². The summed E-state index contributed by atoms with van der Waals surface area (Å²) in [6, 6.07) is 4.89. The minimum atomic E-state index is -2.85. The highest BCUT2D eigenvalue weighted by Crippen LogP contribution is 2.28. The fourth-order valence-corrected chi connectivity index (χ4v) is 1.29. The van der Waals surface area contributed by atoms with Crippen LogP contribution in [0, 0.1) is 6.92 Å². The molecular formula is C12H14F2O2. The zero-order valence-electron chi connectivity index (χ0n) is 9.46. The molecule has 0 aliphatic heterocycles. The van der Waals surface area contributed by atoms with E-state index in [2.05, 4.69) is 4.74 Å². The van der Waals surface area contributed by atoms with Gasteiger partial charge in [-0.2, -0.15) is 8.78 Å². The SMILES string of the molecule is Cc1ccc(C(C)(C)C=O)cc1OC(F)F. The van der Waals surface area contributed by atoms with Crippen molar-refractivity contribution in [1.29, 1.82) is 0 Å². The zero-order valence-corrected chi connectivity index (χ0v) is 9.46. The maximum absolute atomic E-state index is 12.1. The van der Waals surface area contributed by atoms with Crippen LogP contribution < -0.4 is 4.74 Å². The molecule has 0 N–H and O–H groups in total. The minimum absolute atomic E-state index is 0.113. The Bertz CT molecular complexity index is 387. The summed E-state index contributed by atoms with van der Waals surface area (Å²) in [5.74, 6) is 0.113. The second-order valence-corrected chi connectivity index (χ2v) is 4.20. The van der Waals surface area contributed by atoms with Gasteiger partial charge < -0.3 is 9.53 Å². The van der Waals surface area contributed by atoms with Crippen molar-refractivity contribution in [2.75, 3.05) is 0 Å². The van der Waals surface area contributed by atoms with Crippen molar-refractivity contribution in [3.63, 3.8) is 0 Å². The molecule has 0 aromatic heterocycles. The van der Waals surface area contributed by atoms with Gasteiger partial charge >= 0.3 is 6.61 Å². The van der Waals surface area contributed by atoms with Crippen LogP contribution in [0.15, 0.2) is 18.2 Å². The van der Waals surface area contributed by atoms with Gasteiger partial charge in [0.2, 0.25) is 0 Å². The number of halogens is 2. The van der Waals surface area contributed by atoms with Crippen LogP contribution in [0.5, 0.6) is 5.75 Å². The van der Waals surface area contributed by atoms with Gasteiger partial charge in [-0.1, -0.05) is 12.1 Å². The molecule has 0 saturated carbocycles. The van der Waals surface area contributed by atoms with Gasteiger partial charge in [-0.05, 0) is 38.0 Å². The second-order valence-electron chi connectivity index (χ2n) is 4.20. The van der Waals surface area contributed by atoms with Gasteiger partial charge in [0.1, 0.15) is 12.0 Å². The number of aryl methyl sites for hydroxylation is 1. The van der Waals surface area contributed by atoms with Crippen LogP contribution in [0.2, 0.25) is 0 Å². The molecule has 0 spiro atoms. The van der Waals surface area contributed by atoms with Crippen LogP contribution in [0.25, 0.3) is 0 Å². The summed E-state index contributed by atoms with van der Waals surface area (Å²) in [7, 11) is 0. The maximum Gasteiger partial charge on any atom is 0.387 e. The number of hydrogen-bond acceptors (Lipinski definition) is 2. The topological polar surface area (TPSA) is 26.3 Å². The quantitative estimate of drug-likeness (QED) is 0.740. The zero-order chi connectivity index (χ0) is 12.3. The van der Waals surface area contributed by atoms with Crippen LogP contribution >= 0.6 is 0 Å². The van der Waals surface area contributed by atoms with Gasteiger partial charge in [0.05, 0.1) is 0 Å².